The fraction of sp³-hybridized carbons (Fsp3) is 0.458. The third kappa shape index (κ3) is 15.8. The van der Waals surface area contributed by atoms with E-state index in [1.807, 2.05) is 108 Å². The van der Waals surface area contributed by atoms with E-state index in [2.05, 4.69) is 19.8 Å². The van der Waals surface area contributed by atoms with E-state index in [0.717, 1.165) is 37.3 Å². The summed E-state index contributed by atoms with van der Waals surface area (Å²) >= 11 is 0. The second kappa shape index (κ2) is 22.9. The minimum absolute atomic E-state index is 0.0534. The van der Waals surface area contributed by atoms with Crippen molar-refractivity contribution < 1.29 is 48.0 Å². The molecule has 64 heavy (non-hydrogen) atoms. The van der Waals surface area contributed by atoms with Crippen LogP contribution in [0.5, 0.6) is 11.5 Å². The van der Waals surface area contributed by atoms with Gasteiger partial charge in [-0.15, -0.1) is 0 Å². The number of piperazine rings is 2. The molecule has 16 nitrogen and oxygen atoms in total. The second-order valence-electron chi connectivity index (χ2n) is 17.2. The molecular formula is C48H62N6O10. The standard InChI is InChI=1S/C25H33N3O5.C23H29N3O5/c1-5-31-23(29)22-18-20(17-21(26-22)19-9-7-6-8-10-19)32-16-15-27-11-13-28(14-12-27)24(30)33-25(2,3)4;1-23(2,3)31-22(29)26-11-9-25(10-12-26)13-14-30-18-15-19(17-7-5-4-6-8-17)24-20(16-18)21(27)28/h6-10,17-18H,5,11-16H2,1-4H3;4-8,15-16H,9-14H2,1-3H3,(H,27,28). The maximum absolute atomic E-state index is 12.3. The molecule has 0 aliphatic carbocycles. The number of esters is 1. The molecule has 2 fully saturated rings. The molecule has 2 amide bonds. The van der Waals surface area contributed by atoms with E-state index in [1.54, 1.807) is 28.9 Å². The summed E-state index contributed by atoms with van der Waals surface area (Å²) in [5, 5.41) is 9.38. The number of pyridine rings is 2. The molecule has 1 N–H and O–H groups in total. The number of ether oxygens (including phenoxy) is 5. The third-order valence-electron chi connectivity index (χ3n) is 9.84. The van der Waals surface area contributed by atoms with Gasteiger partial charge < -0.3 is 38.6 Å². The number of benzene rings is 2. The van der Waals surface area contributed by atoms with Gasteiger partial charge in [0.15, 0.2) is 11.4 Å². The summed E-state index contributed by atoms with van der Waals surface area (Å²) in [6.45, 7) is 20.9. The molecule has 4 heterocycles. The molecule has 16 heteroatoms. The summed E-state index contributed by atoms with van der Waals surface area (Å²) in [7, 11) is 0. The molecular weight excluding hydrogens is 821 g/mol. The molecule has 0 spiro atoms. The molecule has 344 valence electrons. The highest BCUT2D eigenvalue weighted by Gasteiger charge is 2.27. The van der Waals surface area contributed by atoms with Crippen LogP contribution in [0.25, 0.3) is 22.5 Å². The lowest BCUT2D eigenvalue weighted by Crippen LogP contribution is -2.50. The van der Waals surface area contributed by atoms with Crippen molar-refractivity contribution in [3.8, 4) is 34.0 Å². The number of rotatable bonds is 13. The smallest absolute Gasteiger partial charge is 0.410 e. The molecule has 2 aromatic carbocycles. The number of aromatic nitrogens is 2. The summed E-state index contributed by atoms with van der Waals surface area (Å²) in [5.74, 6) is -0.530. The average Bonchev–Trinajstić information content (AvgIpc) is 3.26. The van der Waals surface area contributed by atoms with Crippen LogP contribution in [-0.2, 0) is 14.2 Å². The van der Waals surface area contributed by atoms with Crippen LogP contribution in [0, 0.1) is 0 Å². The fourth-order valence-corrected chi connectivity index (χ4v) is 6.66. The largest absolute Gasteiger partial charge is 0.492 e. The summed E-state index contributed by atoms with van der Waals surface area (Å²) < 4.78 is 27.8. The van der Waals surface area contributed by atoms with Crippen LogP contribution in [0.3, 0.4) is 0 Å². The zero-order chi connectivity index (χ0) is 46.3. The van der Waals surface area contributed by atoms with Crippen LogP contribution in [0.15, 0.2) is 84.9 Å². The third-order valence-corrected chi connectivity index (χ3v) is 9.84. The first-order valence-electron chi connectivity index (χ1n) is 21.7. The Morgan fingerprint density at radius 3 is 1.34 bits per heavy atom. The van der Waals surface area contributed by atoms with Gasteiger partial charge in [-0.1, -0.05) is 60.7 Å². The molecule has 2 aromatic heterocycles. The van der Waals surface area contributed by atoms with E-state index in [4.69, 9.17) is 23.7 Å². The zero-order valence-electron chi connectivity index (χ0n) is 38.1. The van der Waals surface area contributed by atoms with Crippen molar-refractivity contribution >= 4 is 24.1 Å². The first-order valence-corrected chi connectivity index (χ1v) is 21.7. The number of hydrogen-bond acceptors (Lipinski definition) is 13. The van der Waals surface area contributed by atoms with Gasteiger partial charge in [-0.3, -0.25) is 9.80 Å². The monoisotopic (exact) mass is 882 g/mol. The molecule has 0 unspecified atom stereocenters. The minimum Gasteiger partial charge on any atom is -0.492 e. The topological polar surface area (TPSA) is 173 Å². The first-order chi connectivity index (χ1) is 30.5. The number of carboxylic acids is 1. The van der Waals surface area contributed by atoms with Gasteiger partial charge in [0.25, 0.3) is 0 Å². The van der Waals surface area contributed by atoms with Crippen molar-refractivity contribution in [3.05, 3.63) is 96.3 Å². The van der Waals surface area contributed by atoms with Crippen LogP contribution >= 0.6 is 0 Å². The summed E-state index contributed by atoms with van der Waals surface area (Å²) in [6, 6.07) is 25.7. The van der Waals surface area contributed by atoms with Crippen LogP contribution < -0.4 is 9.47 Å². The normalized spacial score (nSPS) is 14.7. The second-order valence-corrected chi connectivity index (χ2v) is 17.2. The van der Waals surface area contributed by atoms with E-state index in [9.17, 15) is 24.3 Å². The molecule has 2 aliphatic rings. The van der Waals surface area contributed by atoms with Gasteiger partial charge in [0.1, 0.15) is 35.9 Å². The lowest BCUT2D eigenvalue weighted by atomic mass is 10.1. The highest BCUT2D eigenvalue weighted by molar-refractivity contribution is 5.88. The molecule has 0 saturated carbocycles. The van der Waals surface area contributed by atoms with Crippen molar-refractivity contribution in [2.45, 2.75) is 59.7 Å². The van der Waals surface area contributed by atoms with Crippen molar-refractivity contribution in [2.75, 3.05) is 85.3 Å². The van der Waals surface area contributed by atoms with E-state index >= 15 is 0 Å². The average molecular weight is 883 g/mol. The lowest BCUT2D eigenvalue weighted by molar-refractivity contribution is 0.0127. The van der Waals surface area contributed by atoms with Crippen LogP contribution in [-0.4, -0.2) is 155 Å². The van der Waals surface area contributed by atoms with Gasteiger partial charge in [-0.2, -0.15) is 0 Å². The van der Waals surface area contributed by atoms with Crippen LogP contribution in [0.2, 0.25) is 0 Å². The summed E-state index contributed by atoms with van der Waals surface area (Å²) in [5.41, 5.74) is 2.11. The van der Waals surface area contributed by atoms with Gasteiger partial charge in [0.2, 0.25) is 0 Å². The first kappa shape index (κ1) is 48.8. The van der Waals surface area contributed by atoms with Crippen LogP contribution in [0.4, 0.5) is 9.59 Å². The van der Waals surface area contributed by atoms with Crippen molar-refractivity contribution in [2.24, 2.45) is 0 Å². The Bertz CT molecular complexity index is 2140. The van der Waals surface area contributed by atoms with E-state index in [-0.39, 0.29) is 30.2 Å². The van der Waals surface area contributed by atoms with Crippen molar-refractivity contribution in [3.63, 3.8) is 0 Å². The Kier molecular flexibility index (Phi) is 17.4. The number of hydrogen-bond donors (Lipinski definition) is 1. The molecule has 2 aliphatic heterocycles. The number of amides is 2. The maximum Gasteiger partial charge on any atom is 0.410 e. The quantitative estimate of drug-likeness (QED) is 0.105. The van der Waals surface area contributed by atoms with Gasteiger partial charge >= 0.3 is 24.1 Å². The van der Waals surface area contributed by atoms with Gasteiger partial charge in [-0.25, -0.2) is 29.1 Å². The van der Waals surface area contributed by atoms with Crippen molar-refractivity contribution in [1.29, 1.82) is 0 Å². The molecule has 0 bridgehead atoms. The highest BCUT2D eigenvalue weighted by Crippen LogP contribution is 2.25. The number of aromatic carboxylic acids is 1. The molecule has 2 saturated heterocycles. The molecule has 4 aromatic rings. The number of carbonyl (C=O) groups excluding carboxylic acids is 3. The van der Waals surface area contributed by atoms with Gasteiger partial charge in [0, 0.05) is 101 Å². The number of nitrogens with zero attached hydrogens (tertiary/aromatic N) is 6. The fourth-order valence-electron chi connectivity index (χ4n) is 6.66. The summed E-state index contributed by atoms with van der Waals surface area (Å²) in [4.78, 5) is 64.7. The van der Waals surface area contributed by atoms with Gasteiger partial charge in [0.05, 0.1) is 18.0 Å². The Hall–Kier alpha value is -6.26. The van der Waals surface area contributed by atoms with E-state index in [0.29, 0.717) is 75.4 Å². The Morgan fingerprint density at radius 1 is 0.578 bits per heavy atom. The molecule has 0 atom stereocenters. The Labute approximate surface area is 376 Å². The Morgan fingerprint density at radius 2 is 0.969 bits per heavy atom. The van der Waals surface area contributed by atoms with E-state index < -0.39 is 23.1 Å². The van der Waals surface area contributed by atoms with Crippen LogP contribution in [0.1, 0.15) is 69.4 Å². The lowest BCUT2D eigenvalue weighted by Gasteiger charge is -2.35. The predicted molar refractivity (Wildman–Crippen MR) is 242 cm³/mol. The predicted octanol–water partition coefficient (Wildman–Crippen LogP) is 7.24. The molecule has 0 radical (unpaired) electrons. The number of carboxylic acid groups (broad SMARTS) is 1. The SMILES string of the molecule is CC(C)(C)OC(=O)N1CCN(CCOc2cc(C(=O)O)nc(-c3ccccc3)c2)CC1.CCOC(=O)c1cc(OCCN2CCN(C(=O)OC(C)(C)C)CC2)cc(-c2ccccc2)n1. The zero-order valence-corrected chi connectivity index (χ0v) is 38.1. The number of carbonyl (C=O) groups is 4. The van der Waals surface area contributed by atoms with Gasteiger partial charge in [-0.05, 0) is 48.5 Å². The van der Waals surface area contributed by atoms with Crippen molar-refractivity contribution in [1.82, 2.24) is 29.6 Å². The minimum atomic E-state index is -1.10. The maximum atomic E-state index is 12.3. The Balaban J connectivity index is 0.000000241. The van der Waals surface area contributed by atoms with E-state index in [1.165, 1.54) is 6.07 Å². The molecule has 6 rings (SSSR count). The summed E-state index contributed by atoms with van der Waals surface area (Å²) in [6.07, 6.45) is -0.551. The highest BCUT2D eigenvalue weighted by atomic mass is 16.6.